The Morgan fingerprint density at radius 1 is 1.26 bits per heavy atom. The summed E-state index contributed by atoms with van der Waals surface area (Å²) in [6.45, 7) is 2.39. The maximum atomic E-state index is 14.3. The summed E-state index contributed by atoms with van der Waals surface area (Å²) in [5, 5.41) is 11.5. The molecule has 1 aliphatic heterocycles. The third-order valence-electron chi connectivity index (χ3n) is 6.62. The minimum Gasteiger partial charge on any atom is -0.497 e. The third-order valence-corrected chi connectivity index (χ3v) is 6.62. The van der Waals surface area contributed by atoms with E-state index in [4.69, 9.17) is 14.6 Å². The molecule has 0 fully saturated rings. The molecule has 0 bridgehead atoms. The Morgan fingerprint density at radius 2 is 1.91 bits per heavy atom. The van der Waals surface area contributed by atoms with Crippen LogP contribution < -0.4 is 15.6 Å². The van der Waals surface area contributed by atoms with Crippen LogP contribution in [0.3, 0.4) is 0 Å². The van der Waals surface area contributed by atoms with Gasteiger partial charge in [0, 0.05) is 24.7 Å². The van der Waals surface area contributed by atoms with Crippen molar-refractivity contribution in [3.8, 4) is 5.75 Å². The van der Waals surface area contributed by atoms with Gasteiger partial charge in [-0.25, -0.2) is 13.6 Å². The summed E-state index contributed by atoms with van der Waals surface area (Å²) in [6.07, 6.45) is -1.22. The number of rotatable bonds is 7. The summed E-state index contributed by atoms with van der Waals surface area (Å²) in [7, 11) is 3.50. The van der Waals surface area contributed by atoms with Gasteiger partial charge in [-0.15, -0.1) is 0 Å². The van der Waals surface area contributed by atoms with Gasteiger partial charge in [0.25, 0.3) is 5.56 Å². The van der Waals surface area contributed by atoms with Gasteiger partial charge in [0.1, 0.15) is 5.75 Å². The van der Waals surface area contributed by atoms with Crippen LogP contribution in [0.4, 0.5) is 13.6 Å². The maximum absolute atomic E-state index is 14.3. The molecule has 2 atom stereocenters. The molecule has 0 saturated heterocycles. The number of benzene rings is 2. The number of aromatic nitrogens is 1. The number of carbonyl (C=O) groups is 1. The molecule has 186 valence electrons. The fourth-order valence-corrected chi connectivity index (χ4v) is 4.61. The summed E-state index contributed by atoms with van der Waals surface area (Å²) in [5.74, 6) is -1.42. The number of nitrogens with one attached hydrogen (secondary N) is 1. The van der Waals surface area contributed by atoms with E-state index in [1.807, 2.05) is 38.2 Å². The Hall–Kier alpha value is -3.50. The number of fused-ring (bicyclic) bond motifs is 3. The topological polar surface area (TPSA) is 93.0 Å². The van der Waals surface area contributed by atoms with E-state index in [0.29, 0.717) is 16.6 Å². The summed E-state index contributed by atoms with van der Waals surface area (Å²) >= 11 is 0. The van der Waals surface area contributed by atoms with E-state index in [9.17, 15) is 18.4 Å². The van der Waals surface area contributed by atoms with Crippen molar-refractivity contribution in [3.05, 3.63) is 75.2 Å². The molecule has 2 unspecified atom stereocenters. The monoisotopic (exact) mass is 487 g/mol. The van der Waals surface area contributed by atoms with Crippen molar-refractivity contribution in [3.63, 3.8) is 0 Å². The smallest absolute Gasteiger partial charge is 0.404 e. The fourth-order valence-electron chi connectivity index (χ4n) is 4.61. The highest BCUT2D eigenvalue weighted by molar-refractivity contribution is 5.86. The lowest BCUT2D eigenvalue weighted by atomic mass is 9.93. The molecule has 1 amide bonds. The van der Waals surface area contributed by atoms with Gasteiger partial charge in [0.2, 0.25) is 0 Å². The molecule has 1 aliphatic rings. The van der Waals surface area contributed by atoms with Crippen molar-refractivity contribution in [2.24, 2.45) is 0 Å². The van der Waals surface area contributed by atoms with E-state index in [1.165, 1.54) is 4.57 Å². The second-order valence-electron chi connectivity index (χ2n) is 8.51. The van der Waals surface area contributed by atoms with Gasteiger partial charge < -0.3 is 24.5 Å². The zero-order valence-corrected chi connectivity index (χ0v) is 19.7. The Morgan fingerprint density at radius 3 is 2.54 bits per heavy atom. The average Bonchev–Trinajstić information content (AvgIpc) is 2.85. The minimum absolute atomic E-state index is 0.0240. The van der Waals surface area contributed by atoms with Crippen LogP contribution in [0.15, 0.2) is 41.2 Å². The molecule has 8 nitrogen and oxygen atoms in total. The predicted octanol–water partition coefficient (Wildman–Crippen LogP) is 3.82. The lowest BCUT2D eigenvalue weighted by Crippen LogP contribution is -2.39. The van der Waals surface area contributed by atoms with Crippen LogP contribution >= 0.6 is 0 Å². The van der Waals surface area contributed by atoms with Gasteiger partial charge >= 0.3 is 6.09 Å². The first-order valence-corrected chi connectivity index (χ1v) is 11.2. The molecule has 35 heavy (non-hydrogen) atoms. The van der Waals surface area contributed by atoms with Crippen LogP contribution in [0.5, 0.6) is 5.75 Å². The lowest BCUT2D eigenvalue weighted by Gasteiger charge is -2.38. The number of halogens is 2. The molecule has 4 rings (SSSR count). The summed E-state index contributed by atoms with van der Waals surface area (Å²) in [6, 6.07) is 9.16. The Balaban J connectivity index is 1.84. The zero-order valence-electron chi connectivity index (χ0n) is 19.7. The van der Waals surface area contributed by atoms with E-state index in [1.54, 1.807) is 7.11 Å². The molecular formula is C25H27F2N3O5. The normalized spacial score (nSPS) is 16.2. The van der Waals surface area contributed by atoms with Crippen LogP contribution in [0.2, 0.25) is 0 Å². The maximum Gasteiger partial charge on any atom is 0.404 e. The molecule has 2 aromatic carbocycles. The van der Waals surface area contributed by atoms with Crippen LogP contribution in [-0.4, -0.2) is 48.0 Å². The first kappa shape index (κ1) is 24.6. The highest BCUT2D eigenvalue weighted by Crippen LogP contribution is 2.38. The Bertz CT molecular complexity index is 1310. The van der Waals surface area contributed by atoms with Crippen molar-refractivity contribution in [1.82, 2.24) is 14.8 Å². The van der Waals surface area contributed by atoms with Gasteiger partial charge in [-0.05, 0) is 49.2 Å². The zero-order chi connectivity index (χ0) is 25.3. The van der Waals surface area contributed by atoms with Crippen molar-refractivity contribution < 1.29 is 28.2 Å². The number of nitrogens with zero attached hydrogens (tertiary/aromatic N) is 2. The number of ether oxygens (including phenoxy) is 2. The van der Waals surface area contributed by atoms with Gasteiger partial charge in [-0.1, -0.05) is 12.1 Å². The van der Waals surface area contributed by atoms with Crippen LogP contribution in [0.1, 0.15) is 35.8 Å². The molecule has 3 aromatic rings. The van der Waals surface area contributed by atoms with E-state index >= 15 is 0 Å². The second-order valence-corrected chi connectivity index (χ2v) is 8.51. The molecule has 10 heteroatoms. The third kappa shape index (κ3) is 4.71. The van der Waals surface area contributed by atoms with E-state index in [-0.39, 0.29) is 43.8 Å². The number of hydrogen-bond donors (Lipinski definition) is 2. The van der Waals surface area contributed by atoms with Crippen molar-refractivity contribution in [2.45, 2.75) is 32.2 Å². The minimum atomic E-state index is -1.22. The molecule has 0 radical (unpaired) electrons. The first-order chi connectivity index (χ1) is 16.7. The predicted molar refractivity (Wildman–Crippen MR) is 126 cm³/mol. The van der Waals surface area contributed by atoms with Gasteiger partial charge in [0.05, 0.1) is 37.4 Å². The number of carboxylic acid groups (broad SMARTS) is 1. The molecule has 0 saturated carbocycles. The number of methoxy groups -OCH3 is 1. The van der Waals surface area contributed by atoms with Crippen molar-refractivity contribution in [1.29, 1.82) is 0 Å². The lowest BCUT2D eigenvalue weighted by molar-refractivity contribution is 0.0248. The number of hydrogen-bond acceptors (Lipinski definition) is 5. The first-order valence-electron chi connectivity index (χ1n) is 11.2. The highest BCUT2D eigenvalue weighted by Gasteiger charge is 2.32. The molecule has 2 heterocycles. The quantitative estimate of drug-likeness (QED) is 0.527. The van der Waals surface area contributed by atoms with E-state index < -0.39 is 23.3 Å². The van der Waals surface area contributed by atoms with Crippen molar-refractivity contribution >= 4 is 16.9 Å². The average molecular weight is 488 g/mol. The standard InChI is InChI=1S/C25H27F2N3O5/c1-14(15-4-6-16(34-3)7-5-15)29(2)21-12-35-13-22-23(21)17-10-19(26)20(27)11-18(17)24(31)30(22)9-8-28-25(32)33/h4-7,10-11,14,21,28H,8-9,12-13H2,1-3H3,(H,32,33). The van der Waals surface area contributed by atoms with E-state index in [2.05, 4.69) is 10.2 Å². The molecule has 2 N–H and O–H groups in total. The van der Waals surface area contributed by atoms with Gasteiger partial charge in [0.15, 0.2) is 11.6 Å². The summed E-state index contributed by atoms with van der Waals surface area (Å²) in [5.41, 5.74) is 1.68. The highest BCUT2D eigenvalue weighted by atomic mass is 19.2. The van der Waals surface area contributed by atoms with Crippen LogP contribution in [0, 0.1) is 11.6 Å². The SMILES string of the molecule is COc1ccc(C(C)N(C)C2COCc3c2c2cc(F)c(F)cc2c(=O)n3CCNC(=O)O)cc1. The summed E-state index contributed by atoms with van der Waals surface area (Å²) < 4.78 is 41.0. The molecule has 1 aromatic heterocycles. The Kier molecular flexibility index (Phi) is 7.04. The largest absolute Gasteiger partial charge is 0.497 e. The van der Waals surface area contributed by atoms with Crippen molar-refractivity contribution in [2.75, 3.05) is 27.3 Å². The summed E-state index contributed by atoms with van der Waals surface area (Å²) in [4.78, 5) is 26.2. The molecule has 0 spiro atoms. The van der Waals surface area contributed by atoms with Gasteiger partial charge in [-0.2, -0.15) is 0 Å². The molecular weight excluding hydrogens is 460 g/mol. The van der Waals surface area contributed by atoms with Crippen LogP contribution in [0.25, 0.3) is 10.8 Å². The second kappa shape index (κ2) is 10.0. The van der Waals surface area contributed by atoms with Gasteiger partial charge in [-0.3, -0.25) is 9.69 Å². The van der Waals surface area contributed by atoms with E-state index in [0.717, 1.165) is 23.4 Å². The van der Waals surface area contributed by atoms with Crippen LogP contribution in [-0.2, 0) is 17.9 Å². The number of pyridine rings is 1. The Labute approximate surface area is 200 Å². The molecule has 0 aliphatic carbocycles. The number of likely N-dealkylation sites (N-methyl/N-ethyl adjacent to an activating group) is 1. The fraction of sp³-hybridized carbons (Fsp3) is 0.360. The number of amides is 1.